The van der Waals surface area contributed by atoms with E-state index in [0.29, 0.717) is 0 Å². The first-order chi connectivity index (χ1) is 9.59. The van der Waals surface area contributed by atoms with Gasteiger partial charge in [0.1, 0.15) is 5.82 Å². The number of hydrogen-bond donors (Lipinski definition) is 0. The molecule has 0 amide bonds. The number of thioether (sulfide) groups is 1. The van der Waals surface area contributed by atoms with Crippen molar-refractivity contribution in [2.45, 2.75) is 39.0 Å². The molecular weight excluding hydrogens is 270 g/mol. The highest BCUT2D eigenvalue weighted by Crippen LogP contribution is 2.23. The van der Waals surface area contributed by atoms with Gasteiger partial charge in [-0.2, -0.15) is 0 Å². The van der Waals surface area contributed by atoms with Gasteiger partial charge in [-0.3, -0.25) is 4.57 Å². The van der Waals surface area contributed by atoms with E-state index in [1.165, 1.54) is 5.56 Å². The molecule has 0 aliphatic heterocycles. The van der Waals surface area contributed by atoms with Crippen LogP contribution in [0.4, 0.5) is 0 Å². The van der Waals surface area contributed by atoms with Crippen molar-refractivity contribution in [3.8, 4) is 5.69 Å². The second kappa shape index (κ2) is 6.90. The van der Waals surface area contributed by atoms with Crippen molar-refractivity contribution in [3.05, 3.63) is 35.7 Å². The van der Waals surface area contributed by atoms with E-state index in [0.717, 1.165) is 29.0 Å². The number of hydrogen-bond acceptors (Lipinski definition) is 4. The third-order valence-electron chi connectivity index (χ3n) is 2.92. The molecule has 0 atom stereocenters. The number of benzene rings is 1. The Morgan fingerprint density at radius 3 is 2.65 bits per heavy atom. The first-order valence-corrected chi connectivity index (χ1v) is 7.80. The SMILES string of the molecule is Cc1ccccc1-n1c(C)nnc1SCCOC(C)C. The topological polar surface area (TPSA) is 39.9 Å². The summed E-state index contributed by atoms with van der Waals surface area (Å²) in [7, 11) is 0. The Morgan fingerprint density at radius 1 is 1.20 bits per heavy atom. The van der Waals surface area contributed by atoms with Crippen molar-refractivity contribution in [3.63, 3.8) is 0 Å². The number of rotatable bonds is 6. The zero-order valence-corrected chi connectivity index (χ0v) is 13.3. The normalized spacial score (nSPS) is 11.2. The van der Waals surface area contributed by atoms with Gasteiger partial charge in [0.2, 0.25) is 0 Å². The van der Waals surface area contributed by atoms with Crippen LogP contribution in [0.3, 0.4) is 0 Å². The summed E-state index contributed by atoms with van der Waals surface area (Å²) >= 11 is 1.68. The molecule has 0 saturated heterocycles. The highest BCUT2D eigenvalue weighted by Gasteiger charge is 2.12. The molecule has 0 aliphatic carbocycles. The molecule has 108 valence electrons. The third kappa shape index (κ3) is 3.61. The van der Waals surface area contributed by atoms with Crippen LogP contribution in [0.25, 0.3) is 5.69 Å². The fourth-order valence-corrected chi connectivity index (χ4v) is 2.77. The molecule has 0 N–H and O–H groups in total. The van der Waals surface area contributed by atoms with Crippen molar-refractivity contribution in [2.24, 2.45) is 0 Å². The molecule has 0 radical (unpaired) electrons. The minimum Gasteiger partial charge on any atom is -0.378 e. The van der Waals surface area contributed by atoms with E-state index in [9.17, 15) is 0 Å². The first-order valence-electron chi connectivity index (χ1n) is 6.82. The maximum Gasteiger partial charge on any atom is 0.195 e. The Kier molecular flexibility index (Phi) is 5.20. The molecule has 20 heavy (non-hydrogen) atoms. The monoisotopic (exact) mass is 291 g/mol. The van der Waals surface area contributed by atoms with Crippen LogP contribution in [-0.4, -0.2) is 33.2 Å². The van der Waals surface area contributed by atoms with Crippen molar-refractivity contribution in [1.82, 2.24) is 14.8 Å². The van der Waals surface area contributed by atoms with Crippen LogP contribution < -0.4 is 0 Å². The van der Waals surface area contributed by atoms with Gasteiger partial charge in [0, 0.05) is 5.75 Å². The van der Waals surface area contributed by atoms with E-state index < -0.39 is 0 Å². The fourth-order valence-electron chi connectivity index (χ4n) is 1.94. The predicted octanol–water partition coefficient (Wildman–Crippen LogP) is 3.40. The van der Waals surface area contributed by atoms with E-state index in [1.54, 1.807) is 11.8 Å². The Labute approximate surface area is 124 Å². The average Bonchev–Trinajstić information content (AvgIpc) is 2.76. The zero-order valence-electron chi connectivity index (χ0n) is 12.5. The summed E-state index contributed by atoms with van der Waals surface area (Å²) in [4.78, 5) is 0. The molecule has 0 spiro atoms. The predicted molar refractivity (Wildman–Crippen MR) is 82.6 cm³/mol. The lowest BCUT2D eigenvalue weighted by atomic mass is 10.2. The smallest absolute Gasteiger partial charge is 0.195 e. The number of nitrogens with zero attached hydrogens (tertiary/aromatic N) is 3. The summed E-state index contributed by atoms with van der Waals surface area (Å²) in [6, 6.07) is 8.28. The van der Waals surface area contributed by atoms with Gasteiger partial charge in [0.25, 0.3) is 0 Å². The third-order valence-corrected chi connectivity index (χ3v) is 3.81. The van der Waals surface area contributed by atoms with Crippen LogP contribution in [0.2, 0.25) is 0 Å². The van der Waals surface area contributed by atoms with Gasteiger partial charge < -0.3 is 4.74 Å². The summed E-state index contributed by atoms with van der Waals surface area (Å²) in [5, 5.41) is 9.39. The molecule has 4 nitrogen and oxygen atoms in total. The lowest BCUT2D eigenvalue weighted by molar-refractivity contribution is 0.0920. The number of ether oxygens (including phenoxy) is 1. The van der Waals surface area contributed by atoms with Gasteiger partial charge in [-0.05, 0) is 39.3 Å². The minimum atomic E-state index is 0.270. The maximum atomic E-state index is 5.56. The lowest BCUT2D eigenvalue weighted by Crippen LogP contribution is -2.07. The first kappa shape index (κ1) is 15.1. The molecule has 1 aromatic carbocycles. The zero-order chi connectivity index (χ0) is 14.5. The van der Waals surface area contributed by atoms with Gasteiger partial charge in [0.15, 0.2) is 5.16 Å². The van der Waals surface area contributed by atoms with Gasteiger partial charge in [0.05, 0.1) is 18.4 Å². The number of para-hydroxylation sites is 1. The molecule has 0 aliphatic rings. The molecule has 1 aromatic heterocycles. The number of aromatic nitrogens is 3. The second-order valence-electron chi connectivity index (χ2n) is 4.92. The van der Waals surface area contributed by atoms with Crippen LogP contribution in [0, 0.1) is 13.8 Å². The molecule has 0 saturated carbocycles. The van der Waals surface area contributed by atoms with Crippen LogP contribution >= 0.6 is 11.8 Å². The summed E-state index contributed by atoms with van der Waals surface area (Å²) in [5.41, 5.74) is 2.36. The van der Waals surface area contributed by atoms with Crippen LogP contribution in [-0.2, 0) is 4.74 Å². The van der Waals surface area contributed by atoms with Gasteiger partial charge in [-0.15, -0.1) is 10.2 Å². The number of aryl methyl sites for hydroxylation is 2. The van der Waals surface area contributed by atoms with Crippen LogP contribution in [0.1, 0.15) is 25.2 Å². The van der Waals surface area contributed by atoms with Crippen molar-refractivity contribution >= 4 is 11.8 Å². The summed E-state index contributed by atoms with van der Waals surface area (Å²) in [5.74, 6) is 1.79. The lowest BCUT2D eigenvalue weighted by Gasteiger charge is -2.11. The van der Waals surface area contributed by atoms with Gasteiger partial charge >= 0.3 is 0 Å². The average molecular weight is 291 g/mol. The van der Waals surface area contributed by atoms with E-state index in [-0.39, 0.29) is 6.10 Å². The van der Waals surface area contributed by atoms with Crippen molar-refractivity contribution < 1.29 is 4.74 Å². The largest absolute Gasteiger partial charge is 0.378 e. The van der Waals surface area contributed by atoms with E-state index in [4.69, 9.17) is 4.74 Å². The minimum absolute atomic E-state index is 0.270. The molecule has 0 fully saturated rings. The molecule has 2 rings (SSSR count). The molecule has 2 aromatic rings. The summed E-state index contributed by atoms with van der Waals surface area (Å²) in [6.45, 7) is 8.90. The molecular formula is C15H21N3OS. The van der Waals surface area contributed by atoms with Gasteiger partial charge in [-0.1, -0.05) is 30.0 Å². The Morgan fingerprint density at radius 2 is 1.95 bits per heavy atom. The molecule has 5 heteroatoms. The van der Waals surface area contributed by atoms with Crippen LogP contribution in [0.15, 0.2) is 29.4 Å². The van der Waals surface area contributed by atoms with E-state index in [2.05, 4.69) is 33.8 Å². The van der Waals surface area contributed by atoms with Crippen molar-refractivity contribution in [2.75, 3.05) is 12.4 Å². The molecule has 1 heterocycles. The Hall–Kier alpha value is -1.33. The second-order valence-corrected chi connectivity index (χ2v) is 5.98. The summed E-state index contributed by atoms with van der Waals surface area (Å²) < 4.78 is 7.67. The molecule has 0 bridgehead atoms. The quantitative estimate of drug-likeness (QED) is 0.604. The van der Waals surface area contributed by atoms with Gasteiger partial charge in [-0.25, -0.2) is 0 Å². The Bertz CT molecular complexity index is 566. The van der Waals surface area contributed by atoms with Crippen molar-refractivity contribution in [1.29, 1.82) is 0 Å². The van der Waals surface area contributed by atoms with E-state index in [1.807, 2.05) is 32.9 Å². The highest BCUT2D eigenvalue weighted by atomic mass is 32.2. The molecule has 0 unspecified atom stereocenters. The van der Waals surface area contributed by atoms with E-state index >= 15 is 0 Å². The fraction of sp³-hybridized carbons (Fsp3) is 0.467. The van der Waals surface area contributed by atoms with Crippen LogP contribution in [0.5, 0.6) is 0 Å². The Balaban J connectivity index is 2.14. The highest BCUT2D eigenvalue weighted by molar-refractivity contribution is 7.99. The standard InChI is InChI=1S/C15H21N3OS/c1-11(2)19-9-10-20-15-17-16-13(4)18(15)14-8-6-5-7-12(14)3/h5-8,11H,9-10H2,1-4H3. The maximum absolute atomic E-state index is 5.56. The summed E-state index contributed by atoms with van der Waals surface area (Å²) in [6.07, 6.45) is 0.270.